The molecule has 1 amide bonds. The molecule has 2 fully saturated rings. The zero-order chi connectivity index (χ0) is 12.3. The molecule has 0 aromatic heterocycles. The minimum absolute atomic E-state index is 0.0142. The van der Waals surface area contributed by atoms with Crippen molar-refractivity contribution in [2.24, 2.45) is 11.7 Å². The lowest BCUT2D eigenvalue weighted by Crippen LogP contribution is -2.51. The fourth-order valence-electron chi connectivity index (χ4n) is 2.63. The SMILES string of the molecule is N#CC1CN(C(=O)C2CCCCC2N)CCO1. The van der Waals surface area contributed by atoms with Gasteiger partial charge in [-0.05, 0) is 12.8 Å². The minimum atomic E-state index is -0.479. The molecule has 0 bridgehead atoms. The van der Waals surface area contributed by atoms with Crippen molar-refractivity contribution in [3.05, 3.63) is 0 Å². The van der Waals surface area contributed by atoms with E-state index in [1.54, 1.807) is 4.90 Å². The maximum absolute atomic E-state index is 12.3. The van der Waals surface area contributed by atoms with Gasteiger partial charge in [-0.1, -0.05) is 12.8 Å². The van der Waals surface area contributed by atoms with Gasteiger partial charge in [-0.15, -0.1) is 0 Å². The van der Waals surface area contributed by atoms with E-state index < -0.39 is 6.10 Å². The Morgan fingerprint density at radius 3 is 2.88 bits per heavy atom. The van der Waals surface area contributed by atoms with E-state index in [0.29, 0.717) is 19.7 Å². The second-order valence-electron chi connectivity index (χ2n) is 4.83. The van der Waals surface area contributed by atoms with Crippen LogP contribution in [0.3, 0.4) is 0 Å². The molecule has 2 aliphatic rings. The van der Waals surface area contributed by atoms with Crippen molar-refractivity contribution in [2.75, 3.05) is 19.7 Å². The molecule has 2 rings (SSSR count). The number of hydrogen-bond donors (Lipinski definition) is 1. The van der Waals surface area contributed by atoms with Gasteiger partial charge in [-0.3, -0.25) is 4.79 Å². The summed E-state index contributed by atoms with van der Waals surface area (Å²) in [5.41, 5.74) is 6.01. The van der Waals surface area contributed by atoms with Crippen LogP contribution in [0.15, 0.2) is 0 Å². The van der Waals surface area contributed by atoms with Gasteiger partial charge in [0.2, 0.25) is 5.91 Å². The van der Waals surface area contributed by atoms with E-state index in [1.165, 1.54) is 0 Å². The Morgan fingerprint density at radius 1 is 1.41 bits per heavy atom. The number of hydrogen-bond acceptors (Lipinski definition) is 4. The molecular formula is C12H19N3O2. The number of amides is 1. The van der Waals surface area contributed by atoms with Gasteiger partial charge in [-0.2, -0.15) is 5.26 Å². The Balaban J connectivity index is 1.96. The first-order chi connectivity index (χ1) is 8.22. The number of carbonyl (C=O) groups excluding carboxylic acids is 1. The largest absolute Gasteiger partial charge is 0.360 e. The van der Waals surface area contributed by atoms with E-state index >= 15 is 0 Å². The summed E-state index contributed by atoms with van der Waals surface area (Å²) in [6.45, 7) is 1.42. The number of nitrogens with zero attached hydrogens (tertiary/aromatic N) is 2. The zero-order valence-corrected chi connectivity index (χ0v) is 9.97. The predicted molar refractivity (Wildman–Crippen MR) is 61.9 cm³/mol. The highest BCUT2D eigenvalue weighted by Gasteiger charge is 2.33. The van der Waals surface area contributed by atoms with Crippen molar-refractivity contribution >= 4 is 5.91 Å². The highest BCUT2D eigenvalue weighted by molar-refractivity contribution is 5.79. The zero-order valence-electron chi connectivity index (χ0n) is 9.97. The van der Waals surface area contributed by atoms with Crippen molar-refractivity contribution in [1.29, 1.82) is 5.26 Å². The van der Waals surface area contributed by atoms with Crippen molar-refractivity contribution in [3.8, 4) is 6.07 Å². The first kappa shape index (κ1) is 12.3. The molecule has 17 heavy (non-hydrogen) atoms. The second kappa shape index (κ2) is 5.48. The van der Waals surface area contributed by atoms with Crippen molar-refractivity contribution in [3.63, 3.8) is 0 Å². The molecule has 1 saturated carbocycles. The van der Waals surface area contributed by atoms with Gasteiger partial charge in [0, 0.05) is 12.6 Å². The number of ether oxygens (including phenoxy) is 1. The molecular weight excluding hydrogens is 218 g/mol. The van der Waals surface area contributed by atoms with Gasteiger partial charge in [0.1, 0.15) is 0 Å². The first-order valence-corrected chi connectivity index (χ1v) is 6.28. The number of carbonyl (C=O) groups is 1. The summed E-state index contributed by atoms with van der Waals surface area (Å²) in [6.07, 6.45) is 3.54. The lowest BCUT2D eigenvalue weighted by atomic mass is 9.84. The van der Waals surface area contributed by atoms with Crippen LogP contribution in [0.4, 0.5) is 0 Å². The predicted octanol–water partition coefficient (Wildman–Crippen LogP) is 0.255. The van der Waals surface area contributed by atoms with Crippen LogP contribution in [0.2, 0.25) is 0 Å². The summed E-state index contributed by atoms with van der Waals surface area (Å²) in [7, 11) is 0. The van der Waals surface area contributed by atoms with E-state index in [9.17, 15) is 4.79 Å². The molecule has 3 unspecified atom stereocenters. The summed E-state index contributed by atoms with van der Waals surface area (Å²) in [4.78, 5) is 14.0. The van der Waals surface area contributed by atoms with Gasteiger partial charge in [-0.25, -0.2) is 0 Å². The number of morpholine rings is 1. The Labute approximate surface area is 102 Å². The van der Waals surface area contributed by atoms with Crippen LogP contribution in [0.25, 0.3) is 0 Å². The third-order valence-corrected chi connectivity index (χ3v) is 3.66. The van der Waals surface area contributed by atoms with E-state index in [-0.39, 0.29) is 17.9 Å². The van der Waals surface area contributed by atoms with Crippen LogP contribution in [-0.2, 0) is 9.53 Å². The maximum Gasteiger partial charge on any atom is 0.227 e. The maximum atomic E-state index is 12.3. The Bertz CT molecular complexity index is 326. The summed E-state index contributed by atoms with van der Waals surface area (Å²) in [5.74, 6) is 0.0574. The molecule has 1 heterocycles. The van der Waals surface area contributed by atoms with Crippen LogP contribution < -0.4 is 5.73 Å². The topological polar surface area (TPSA) is 79.4 Å². The fraction of sp³-hybridized carbons (Fsp3) is 0.833. The second-order valence-corrected chi connectivity index (χ2v) is 4.83. The van der Waals surface area contributed by atoms with Gasteiger partial charge < -0.3 is 15.4 Å². The molecule has 2 N–H and O–H groups in total. The quantitative estimate of drug-likeness (QED) is 0.709. The van der Waals surface area contributed by atoms with E-state index in [2.05, 4.69) is 6.07 Å². The molecule has 0 radical (unpaired) electrons. The highest BCUT2D eigenvalue weighted by atomic mass is 16.5. The number of nitrogens with two attached hydrogens (primary N) is 1. The van der Waals surface area contributed by atoms with Crippen LogP contribution in [0.1, 0.15) is 25.7 Å². The molecule has 0 spiro atoms. The van der Waals surface area contributed by atoms with Gasteiger partial charge >= 0.3 is 0 Å². The standard InChI is InChI=1S/C12H19N3O2/c13-7-9-8-15(5-6-17-9)12(16)10-3-1-2-4-11(10)14/h9-11H,1-6,8,14H2. The average Bonchev–Trinajstić information content (AvgIpc) is 2.38. The Kier molecular flexibility index (Phi) is 3.97. The number of nitriles is 1. The van der Waals surface area contributed by atoms with Crippen molar-refractivity contribution < 1.29 is 9.53 Å². The minimum Gasteiger partial charge on any atom is -0.360 e. The highest BCUT2D eigenvalue weighted by Crippen LogP contribution is 2.25. The van der Waals surface area contributed by atoms with Gasteiger partial charge in [0.25, 0.3) is 0 Å². The fourth-order valence-corrected chi connectivity index (χ4v) is 2.63. The Hall–Kier alpha value is -1.12. The van der Waals surface area contributed by atoms with E-state index in [4.69, 9.17) is 15.7 Å². The monoisotopic (exact) mass is 237 g/mol. The molecule has 0 aromatic rings. The third kappa shape index (κ3) is 2.76. The summed E-state index contributed by atoms with van der Waals surface area (Å²) in [6, 6.07) is 2.04. The molecule has 0 aromatic carbocycles. The van der Waals surface area contributed by atoms with Crippen LogP contribution in [0, 0.1) is 17.2 Å². The van der Waals surface area contributed by atoms with Crippen LogP contribution in [-0.4, -0.2) is 42.6 Å². The molecule has 5 heteroatoms. The molecule has 94 valence electrons. The molecule has 3 atom stereocenters. The first-order valence-electron chi connectivity index (χ1n) is 6.28. The van der Waals surface area contributed by atoms with Crippen molar-refractivity contribution in [2.45, 2.75) is 37.8 Å². The summed E-state index contributed by atoms with van der Waals surface area (Å²) < 4.78 is 5.24. The van der Waals surface area contributed by atoms with E-state index in [1.807, 2.05) is 0 Å². The molecule has 1 saturated heterocycles. The molecule has 5 nitrogen and oxygen atoms in total. The van der Waals surface area contributed by atoms with E-state index in [0.717, 1.165) is 25.7 Å². The Morgan fingerprint density at radius 2 is 2.18 bits per heavy atom. The van der Waals surface area contributed by atoms with Crippen LogP contribution in [0.5, 0.6) is 0 Å². The third-order valence-electron chi connectivity index (χ3n) is 3.66. The van der Waals surface area contributed by atoms with Gasteiger partial charge in [0.05, 0.1) is 25.1 Å². The van der Waals surface area contributed by atoms with Crippen molar-refractivity contribution in [1.82, 2.24) is 4.90 Å². The summed E-state index contributed by atoms with van der Waals surface area (Å²) in [5, 5.41) is 8.82. The average molecular weight is 237 g/mol. The summed E-state index contributed by atoms with van der Waals surface area (Å²) >= 11 is 0. The normalized spacial score (nSPS) is 34.1. The molecule has 1 aliphatic carbocycles. The molecule has 1 aliphatic heterocycles. The van der Waals surface area contributed by atoms with Gasteiger partial charge in [0.15, 0.2) is 6.10 Å². The number of rotatable bonds is 1. The lowest BCUT2D eigenvalue weighted by Gasteiger charge is -2.36. The van der Waals surface area contributed by atoms with Crippen LogP contribution >= 0.6 is 0 Å². The lowest BCUT2D eigenvalue weighted by molar-refractivity contribution is -0.142. The smallest absolute Gasteiger partial charge is 0.227 e.